The average molecular weight is 705 g/mol. The molecule has 1 amide bonds. The summed E-state index contributed by atoms with van der Waals surface area (Å²) in [6.07, 6.45) is -11.5. The standard InChI is InChI=1S/C9H14N2O12P2.C8H15NO9S/c12-5-1-2-11(9(15)10-5)8-7(14)6(13)4(22-8)3-21-25(19,20)23-24(16,17)18;1-3(10)9-5-7(12)6(11)4(18-8(5)13)2-17-19(14,15)16/h1-2,4,6-8,13-14H,3H2,(H,19,20)(H,10,12,15)(H2,16,17,18);4-8,11-13H,2H2,1H3,(H,9,10)(H,14,15,16)/t4-,6-,7-,8-;4-,5-,6-,7-,8?/m11/s1. The number of aromatic nitrogens is 2. The minimum absolute atomic E-state index is 0.563. The molecule has 0 saturated carbocycles. The van der Waals surface area contributed by atoms with E-state index in [1.54, 1.807) is 0 Å². The largest absolute Gasteiger partial charge is 0.481 e. The molecule has 254 valence electrons. The monoisotopic (exact) mass is 705 g/mol. The maximum atomic E-state index is 11.7. The average Bonchev–Trinajstić information content (AvgIpc) is 3.13. The quantitative estimate of drug-likeness (QED) is 0.0797. The molecule has 2 fully saturated rings. The van der Waals surface area contributed by atoms with Crippen LogP contribution in [0, 0.1) is 0 Å². The smallest absolute Gasteiger partial charge is 0.388 e. The van der Waals surface area contributed by atoms with Gasteiger partial charge in [-0.05, 0) is 0 Å². The van der Waals surface area contributed by atoms with Crippen molar-refractivity contribution in [3.63, 3.8) is 0 Å². The van der Waals surface area contributed by atoms with E-state index in [2.05, 4.69) is 18.3 Å². The summed E-state index contributed by atoms with van der Waals surface area (Å²) >= 11 is 0. The number of hydrogen-bond acceptors (Lipinski definition) is 17. The fourth-order valence-corrected chi connectivity index (χ4v) is 5.58. The lowest BCUT2D eigenvalue weighted by atomic mass is 9.97. The lowest BCUT2D eigenvalue weighted by Gasteiger charge is -2.40. The summed E-state index contributed by atoms with van der Waals surface area (Å²) in [6.45, 7) is -0.569. The lowest BCUT2D eigenvalue weighted by Crippen LogP contribution is -2.64. The van der Waals surface area contributed by atoms with Crippen molar-refractivity contribution in [3.8, 4) is 0 Å². The highest BCUT2D eigenvalue weighted by atomic mass is 32.3. The zero-order chi connectivity index (χ0) is 33.8. The Morgan fingerprint density at radius 3 is 2.09 bits per heavy atom. The van der Waals surface area contributed by atoms with Gasteiger partial charge in [0.15, 0.2) is 12.5 Å². The predicted molar refractivity (Wildman–Crippen MR) is 134 cm³/mol. The number of aliphatic hydroxyl groups excluding tert-OH is 5. The van der Waals surface area contributed by atoms with Crippen molar-refractivity contribution in [2.75, 3.05) is 13.2 Å². The highest BCUT2D eigenvalue weighted by Crippen LogP contribution is 2.57. The van der Waals surface area contributed by atoms with Gasteiger partial charge in [0.1, 0.15) is 42.7 Å². The van der Waals surface area contributed by atoms with Gasteiger partial charge in [-0.15, -0.1) is 0 Å². The van der Waals surface area contributed by atoms with Crippen LogP contribution in [0.3, 0.4) is 0 Å². The van der Waals surface area contributed by atoms with Gasteiger partial charge in [-0.2, -0.15) is 12.7 Å². The number of rotatable bonds is 10. The molecule has 0 spiro atoms. The van der Waals surface area contributed by atoms with Crippen LogP contribution >= 0.6 is 15.6 Å². The van der Waals surface area contributed by atoms with Crippen molar-refractivity contribution in [1.82, 2.24) is 14.9 Å². The normalized spacial score (nSPS) is 32.3. The maximum Gasteiger partial charge on any atom is 0.481 e. The van der Waals surface area contributed by atoms with E-state index in [1.165, 1.54) is 0 Å². The number of aromatic amines is 1. The number of aliphatic hydroxyl groups is 5. The molecule has 2 aliphatic rings. The molecule has 2 unspecified atom stereocenters. The number of hydrogen-bond donors (Lipinski definition) is 11. The van der Waals surface area contributed by atoms with Crippen molar-refractivity contribution in [2.24, 2.45) is 0 Å². The molecule has 10 atom stereocenters. The van der Waals surface area contributed by atoms with Crippen molar-refractivity contribution in [2.45, 2.75) is 62.1 Å². The van der Waals surface area contributed by atoms with Gasteiger partial charge in [0.05, 0.1) is 13.2 Å². The summed E-state index contributed by atoms with van der Waals surface area (Å²) in [6, 6.07) is -0.307. The van der Waals surface area contributed by atoms with E-state index in [-0.39, 0.29) is 0 Å². The van der Waals surface area contributed by atoms with Crippen molar-refractivity contribution >= 4 is 32.0 Å². The fourth-order valence-electron chi connectivity index (χ4n) is 3.68. The minimum Gasteiger partial charge on any atom is -0.388 e. The highest BCUT2D eigenvalue weighted by Gasteiger charge is 2.46. The third-order valence-electron chi connectivity index (χ3n) is 5.55. The van der Waals surface area contributed by atoms with E-state index in [0.29, 0.717) is 0 Å². The molecule has 11 N–H and O–H groups in total. The first kappa shape index (κ1) is 38.2. The second kappa shape index (κ2) is 15.1. The molecule has 3 rings (SSSR count). The molecule has 24 nitrogen and oxygen atoms in total. The topological polar surface area (TPSA) is 380 Å². The summed E-state index contributed by atoms with van der Waals surface area (Å²) in [7, 11) is -15.2. The van der Waals surface area contributed by atoms with Gasteiger partial charge in [-0.1, -0.05) is 0 Å². The Morgan fingerprint density at radius 1 is 1.00 bits per heavy atom. The molecule has 0 aromatic carbocycles. The molecule has 1 aromatic heterocycles. The molecule has 0 radical (unpaired) electrons. The van der Waals surface area contributed by atoms with Gasteiger partial charge >= 0.3 is 31.7 Å². The number of H-pyrrole nitrogens is 1. The predicted octanol–water partition coefficient (Wildman–Crippen LogP) is -5.87. The molecule has 44 heavy (non-hydrogen) atoms. The van der Waals surface area contributed by atoms with Crippen molar-refractivity contribution in [3.05, 3.63) is 33.1 Å². The Balaban J connectivity index is 0.000000319. The first-order valence-corrected chi connectivity index (χ1v) is 16.1. The van der Waals surface area contributed by atoms with Crippen LogP contribution in [0.15, 0.2) is 21.9 Å². The van der Waals surface area contributed by atoms with Gasteiger partial charge in [0, 0.05) is 19.2 Å². The Kier molecular flexibility index (Phi) is 13.1. The van der Waals surface area contributed by atoms with Crippen LogP contribution < -0.4 is 16.6 Å². The first-order chi connectivity index (χ1) is 20.0. The van der Waals surface area contributed by atoms with E-state index in [4.69, 9.17) is 28.7 Å². The molecule has 3 heterocycles. The van der Waals surface area contributed by atoms with E-state index in [1.807, 2.05) is 4.98 Å². The zero-order valence-electron chi connectivity index (χ0n) is 21.9. The molecular formula is C17H29N3O21P2S. The summed E-state index contributed by atoms with van der Waals surface area (Å²) in [5, 5.41) is 50.8. The van der Waals surface area contributed by atoms with Crippen LogP contribution in [-0.2, 0) is 46.8 Å². The van der Waals surface area contributed by atoms with Crippen LogP contribution in [0.1, 0.15) is 13.2 Å². The summed E-state index contributed by atoms with van der Waals surface area (Å²) < 4.78 is 73.5. The Bertz CT molecular complexity index is 1460. The van der Waals surface area contributed by atoms with E-state index in [0.717, 1.165) is 23.8 Å². The van der Waals surface area contributed by atoms with Gasteiger partial charge < -0.3 is 55.0 Å². The third-order valence-corrected chi connectivity index (χ3v) is 8.13. The molecule has 0 aliphatic carbocycles. The summed E-state index contributed by atoms with van der Waals surface area (Å²) in [5.74, 6) is -0.563. The van der Waals surface area contributed by atoms with Gasteiger partial charge in [-0.3, -0.25) is 28.2 Å². The Labute approximate surface area is 245 Å². The third kappa shape index (κ3) is 11.4. The van der Waals surface area contributed by atoms with E-state index in [9.17, 15) is 57.5 Å². The first-order valence-electron chi connectivity index (χ1n) is 11.7. The van der Waals surface area contributed by atoms with Gasteiger partial charge in [0.25, 0.3) is 5.56 Å². The van der Waals surface area contributed by atoms with E-state index >= 15 is 0 Å². The number of amides is 1. The molecule has 2 saturated heterocycles. The van der Waals surface area contributed by atoms with Gasteiger partial charge in [-0.25, -0.2) is 18.1 Å². The van der Waals surface area contributed by atoms with Gasteiger partial charge in [0.2, 0.25) is 5.91 Å². The number of nitrogens with one attached hydrogen (secondary N) is 2. The number of ether oxygens (including phenoxy) is 2. The van der Waals surface area contributed by atoms with Crippen LogP contribution in [0.5, 0.6) is 0 Å². The van der Waals surface area contributed by atoms with Crippen LogP contribution in [0.25, 0.3) is 0 Å². The molecule has 27 heteroatoms. The summed E-state index contributed by atoms with van der Waals surface area (Å²) in [5.41, 5.74) is -1.65. The number of nitrogens with zero attached hydrogens (tertiary/aromatic N) is 1. The van der Waals surface area contributed by atoms with Crippen molar-refractivity contribution < 1.29 is 89.6 Å². The van der Waals surface area contributed by atoms with Crippen molar-refractivity contribution in [1.29, 1.82) is 0 Å². The number of phosphoric ester groups is 1. The highest BCUT2D eigenvalue weighted by molar-refractivity contribution is 7.80. The number of phosphoric acid groups is 2. The van der Waals surface area contributed by atoms with Crippen LogP contribution in [0.4, 0.5) is 0 Å². The number of carbonyl (C=O) groups is 1. The molecule has 2 aliphatic heterocycles. The molecular weight excluding hydrogens is 676 g/mol. The Hall–Kier alpha value is -2.00. The SMILES string of the molecule is CC(=O)N[C@H]1C(O)O[C@H](COS(=O)(=O)O)[C@@H](O)[C@@H]1O.O=c1ccn([C@@H]2O[C@H](COP(=O)(O)OP(=O)(O)O)[C@@H](O)[C@H]2O)c(=O)[nH]1. The summed E-state index contributed by atoms with van der Waals surface area (Å²) in [4.78, 5) is 61.5. The van der Waals surface area contributed by atoms with Crippen LogP contribution in [-0.4, -0.2) is 131 Å². The van der Waals surface area contributed by atoms with E-state index < -0.39 is 112 Å². The molecule has 0 bridgehead atoms. The minimum atomic E-state index is -5.32. The Morgan fingerprint density at radius 2 is 1.57 bits per heavy atom. The lowest BCUT2D eigenvalue weighted by molar-refractivity contribution is -0.252. The van der Waals surface area contributed by atoms with Crippen LogP contribution in [0.2, 0.25) is 0 Å². The maximum absolute atomic E-state index is 11.7. The second-order valence-corrected chi connectivity index (χ2v) is 12.8. The fraction of sp³-hybridized carbons (Fsp3) is 0.706. The second-order valence-electron chi connectivity index (χ2n) is 8.89. The zero-order valence-corrected chi connectivity index (χ0v) is 24.5. The number of carbonyl (C=O) groups excluding carboxylic acids is 1. The molecule has 1 aromatic rings.